The average Bonchev–Trinajstić information content (AvgIpc) is 3.30. The lowest BCUT2D eigenvalue weighted by molar-refractivity contribution is -0.129. The van der Waals surface area contributed by atoms with Crippen molar-refractivity contribution in [1.29, 1.82) is 0 Å². The molecule has 1 heterocycles. The summed E-state index contributed by atoms with van der Waals surface area (Å²) in [4.78, 5) is 16.9. The number of carbonyl (C=O) groups excluding carboxylic acids is 1. The van der Waals surface area contributed by atoms with Crippen molar-refractivity contribution in [2.24, 2.45) is 4.99 Å². The third kappa shape index (κ3) is 6.88. The van der Waals surface area contributed by atoms with Crippen LogP contribution in [0.25, 0.3) is 17.2 Å². The van der Waals surface area contributed by atoms with Gasteiger partial charge >= 0.3 is 5.97 Å². The highest BCUT2D eigenvalue weighted by atomic mass is 16.6. The lowest BCUT2D eigenvalue weighted by Crippen LogP contribution is -2.05. The first kappa shape index (κ1) is 26.2. The minimum atomic E-state index is -0.495. The molecular formula is C32H35NO4. The quantitative estimate of drug-likeness (QED) is 0.147. The number of methoxy groups -OCH3 is 2. The van der Waals surface area contributed by atoms with Crippen molar-refractivity contribution in [1.82, 2.24) is 0 Å². The number of aryl methyl sites for hydroxylation is 1. The van der Waals surface area contributed by atoms with Crippen LogP contribution in [0.3, 0.4) is 0 Å². The van der Waals surface area contributed by atoms with Crippen molar-refractivity contribution in [3.05, 3.63) is 89.1 Å². The molecule has 0 atom stereocenters. The fourth-order valence-corrected chi connectivity index (χ4v) is 4.41. The Hall–Kier alpha value is -3.86. The van der Waals surface area contributed by atoms with E-state index in [1.165, 1.54) is 44.1 Å². The molecule has 0 amide bonds. The summed E-state index contributed by atoms with van der Waals surface area (Å²) in [7, 11) is 3.17. The molecule has 192 valence electrons. The number of ether oxygens (including phenoxy) is 3. The average molecular weight is 498 g/mol. The molecule has 1 aliphatic heterocycles. The summed E-state index contributed by atoms with van der Waals surface area (Å²) in [5.74, 6) is 1.07. The van der Waals surface area contributed by atoms with Gasteiger partial charge in [0.1, 0.15) is 11.5 Å². The van der Waals surface area contributed by atoms with Crippen LogP contribution in [0.4, 0.5) is 0 Å². The summed E-state index contributed by atoms with van der Waals surface area (Å²) in [6.07, 6.45) is 10.7. The highest BCUT2D eigenvalue weighted by Crippen LogP contribution is 2.29. The minimum absolute atomic E-state index is 0.214. The second-order valence-electron chi connectivity index (χ2n) is 9.24. The molecule has 0 N–H and O–H groups in total. The van der Waals surface area contributed by atoms with E-state index in [1.807, 2.05) is 24.3 Å². The van der Waals surface area contributed by atoms with Crippen molar-refractivity contribution in [3.63, 3.8) is 0 Å². The molecule has 0 radical (unpaired) electrons. The van der Waals surface area contributed by atoms with Crippen molar-refractivity contribution in [3.8, 4) is 22.6 Å². The Labute approximate surface area is 219 Å². The van der Waals surface area contributed by atoms with Gasteiger partial charge < -0.3 is 14.2 Å². The van der Waals surface area contributed by atoms with E-state index in [2.05, 4.69) is 36.2 Å². The third-order valence-corrected chi connectivity index (χ3v) is 6.59. The molecule has 0 spiro atoms. The van der Waals surface area contributed by atoms with Gasteiger partial charge in [0.05, 0.1) is 14.2 Å². The summed E-state index contributed by atoms with van der Waals surface area (Å²) >= 11 is 0. The van der Waals surface area contributed by atoms with Gasteiger partial charge in [-0.1, -0.05) is 75.4 Å². The van der Waals surface area contributed by atoms with Crippen LogP contribution < -0.4 is 9.47 Å². The van der Waals surface area contributed by atoms with E-state index in [-0.39, 0.29) is 5.70 Å². The summed E-state index contributed by atoms with van der Waals surface area (Å²) in [5, 5.41) is 0. The number of esters is 1. The SMILES string of the molecule is CCCCCCCCc1ccc(-c2ccc(C3=N/C(=C\c4cc(OC)ccc4OC)C(=O)O3)cc2)cc1. The number of carbonyl (C=O) groups is 1. The van der Waals surface area contributed by atoms with Crippen LogP contribution in [0, 0.1) is 0 Å². The van der Waals surface area contributed by atoms with E-state index in [4.69, 9.17) is 14.2 Å². The molecule has 0 saturated heterocycles. The lowest BCUT2D eigenvalue weighted by atomic mass is 10.00. The van der Waals surface area contributed by atoms with Crippen LogP contribution >= 0.6 is 0 Å². The van der Waals surface area contributed by atoms with E-state index < -0.39 is 5.97 Å². The molecule has 0 aromatic heterocycles. The molecule has 5 heteroatoms. The Bertz CT molecular complexity index is 1260. The molecule has 3 aromatic rings. The van der Waals surface area contributed by atoms with Crippen molar-refractivity contribution in [2.45, 2.75) is 51.9 Å². The Kier molecular flexibility index (Phi) is 9.14. The highest BCUT2D eigenvalue weighted by Gasteiger charge is 2.24. The molecular weight excluding hydrogens is 462 g/mol. The summed E-state index contributed by atoms with van der Waals surface area (Å²) < 4.78 is 16.2. The molecule has 5 nitrogen and oxygen atoms in total. The first-order valence-electron chi connectivity index (χ1n) is 13.1. The Balaban J connectivity index is 1.42. The maximum Gasteiger partial charge on any atom is 0.363 e. The van der Waals surface area contributed by atoms with Crippen LogP contribution in [-0.2, 0) is 16.0 Å². The van der Waals surface area contributed by atoms with E-state index in [0.717, 1.165) is 23.1 Å². The van der Waals surface area contributed by atoms with Gasteiger partial charge in [0.2, 0.25) is 5.90 Å². The van der Waals surface area contributed by atoms with Crippen molar-refractivity contribution in [2.75, 3.05) is 14.2 Å². The summed E-state index contributed by atoms with van der Waals surface area (Å²) in [6, 6.07) is 22.1. The van der Waals surface area contributed by atoms with Gasteiger partial charge in [0, 0.05) is 11.1 Å². The number of nitrogens with zero attached hydrogens (tertiary/aromatic N) is 1. The normalized spacial score (nSPS) is 14.0. The topological polar surface area (TPSA) is 57.1 Å². The van der Waals surface area contributed by atoms with Gasteiger partial charge in [-0.3, -0.25) is 0 Å². The zero-order valence-corrected chi connectivity index (χ0v) is 22.0. The molecule has 0 unspecified atom stereocenters. The first-order chi connectivity index (χ1) is 18.1. The van der Waals surface area contributed by atoms with Gasteiger partial charge in [0.25, 0.3) is 0 Å². The lowest BCUT2D eigenvalue weighted by Gasteiger charge is -2.07. The fraction of sp³-hybridized carbons (Fsp3) is 0.312. The fourth-order valence-electron chi connectivity index (χ4n) is 4.41. The van der Waals surface area contributed by atoms with Gasteiger partial charge in [0.15, 0.2) is 5.70 Å². The van der Waals surface area contributed by atoms with Crippen molar-refractivity contribution < 1.29 is 19.0 Å². The predicted molar refractivity (Wildman–Crippen MR) is 149 cm³/mol. The van der Waals surface area contributed by atoms with Crippen molar-refractivity contribution >= 4 is 17.9 Å². The molecule has 0 bridgehead atoms. The van der Waals surface area contributed by atoms with Gasteiger partial charge in [-0.25, -0.2) is 9.79 Å². The second-order valence-corrected chi connectivity index (χ2v) is 9.24. The van der Waals surface area contributed by atoms with Crippen LogP contribution in [-0.4, -0.2) is 26.1 Å². The van der Waals surface area contributed by atoms with Gasteiger partial charge in [-0.15, -0.1) is 0 Å². The second kappa shape index (κ2) is 12.9. The number of hydrogen-bond donors (Lipinski definition) is 0. The maximum absolute atomic E-state index is 12.5. The third-order valence-electron chi connectivity index (χ3n) is 6.59. The zero-order valence-electron chi connectivity index (χ0n) is 22.0. The maximum atomic E-state index is 12.5. The van der Waals surface area contributed by atoms with Crippen LogP contribution in [0.1, 0.15) is 62.1 Å². The molecule has 4 rings (SSSR count). The molecule has 1 aliphatic rings. The highest BCUT2D eigenvalue weighted by molar-refractivity contribution is 6.13. The number of hydrogen-bond acceptors (Lipinski definition) is 5. The Morgan fingerprint density at radius 1 is 0.784 bits per heavy atom. The number of aliphatic imine (C=N–C) groups is 1. The molecule has 3 aromatic carbocycles. The number of benzene rings is 3. The first-order valence-corrected chi connectivity index (χ1v) is 13.1. The number of unbranched alkanes of at least 4 members (excludes halogenated alkanes) is 5. The molecule has 0 aliphatic carbocycles. The monoisotopic (exact) mass is 497 g/mol. The van der Waals surface area contributed by atoms with Gasteiger partial charge in [-0.05, 0) is 65.9 Å². The predicted octanol–water partition coefficient (Wildman–Crippen LogP) is 7.62. The minimum Gasteiger partial charge on any atom is -0.497 e. The van der Waals surface area contributed by atoms with Crippen LogP contribution in [0.5, 0.6) is 11.5 Å². The number of rotatable bonds is 12. The van der Waals surface area contributed by atoms with E-state index in [1.54, 1.807) is 38.5 Å². The van der Waals surface area contributed by atoms with Crippen LogP contribution in [0.15, 0.2) is 77.4 Å². The zero-order chi connectivity index (χ0) is 26.0. The molecule has 0 fully saturated rings. The standard InChI is InChI=1S/C32H35NO4/c1-4-5-6-7-8-9-10-23-11-13-24(14-12-23)25-15-17-26(18-16-25)31-33-29(32(34)37-31)22-27-21-28(35-2)19-20-30(27)36-3/h11-22H,4-10H2,1-3H3/b29-22-. The Morgan fingerprint density at radius 2 is 1.43 bits per heavy atom. The summed E-state index contributed by atoms with van der Waals surface area (Å²) in [6.45, 7) is 2.25. The van der Waals surface area contributed by atoms with E-state index in [9.17, 15) is 4.79 Å². The van der Waals surface area contributed by atoms with Crippen LogP contribution in [0.2, 0.25) is 0 Å². The van der Waals surface area contributed by atoms with E-state index in [0.29, 0.717) is 23.0 Å². The Morgan fingerprint density at radius 3 is 2.11 bits per heavy atom. The molecule has 0 saturated carbocycles. The number of cyclic esters (lactones) is 1. The summed E-state index contributed by atoms with van der Waals surface area (Å²) in [5.41, 5.74) is 5.31. The van der Waals surface area contributed by atoms with Gasteiger partial charge in [-0.2, -0.15) is 0 Å². The smallest absolute Gasteiger partial charge is 0.363 e. The molecule has 37 heavy (non-hydrogen) atoms. The van der Waals surface area contributed by atoms with E-state index >= 15 is 0 Å². The largest absolute Gasteiger partial charge is 0.497 e.